The molecule has 1 fully saturated rings. The molecule has 2 N–H and O–H groups in total. The van der Waals surface area contributed by atoms with Crippen LogP contribution in [-0.4, -0.2) is 57.8 Å². The summed E-state index contributed by atoms with van der Waals surface area (Å²) in [4.78, 5) is 14.1. The molecular formula is C18H29N3O3. The molecule has 0 aliphatic carbocycles. The highest BCUT2D eigenvalue weighted by molar-refractivity contribution is 5.76. The number of likely N-dealkylation sites (N-methyl/N-ethyl adjacent to an activating group) is 1. The number of amides is 1. The fraction of sp³-hybridized carbons (Fsp3) is 0.611. The molecule has 6 heteroatoms. The standard InChI is InChI=1S/C18H29N3O3/c1-21(2)9-10-24-16-7-6-14(11-17(16)23-3)13-20-18(22)12-15-5-4-8-19-15/h6-7,11,15,19H,4-5,8-10,12-13H2,1-3H3,(H,20,22). The minimum Gasteiger partial charge on any atom is -0.493 e. The predicted octanol–water partition coefficient (Wildman–Crippen LogP) is 1.39. The van der Waals surface area contributed by atoms with Gasteiger partial charge in [0.15, 0.2) is 11.5 Å². The van der Waals surface area contributed by atoms with Gasteiger partial charge >= 0.3 is 0 Å². The number of carbonyl (C=O) groups excluding carboxylic acids is 1. The Morgan fingerprint density at radius 2 is 2.21 bits per heavy atom. The van der Waals surface area contributed by atoms with E-state index in [0.717, 1.165) is 37.2 Å². The molecule has 0 saturated carbocycles. The van der Waals surface area contributed by atoms with Gasteiger partial charge in [0.05, 0.1) is 7.11 Å². The van der Waals surface area contributed by atoms with Crippen molar-refractivity contribution in [1.82, 2.24) is 15.5 Å². The molecule has 1 amide bonds. The quantitative estimate of drug-likeness (QED) is 0.714. The molecule has 1 atom stereocenters. The lowest BCUT2D eigenvalue weighted by atomic mass is 10.1. The number of methoxy groups -OCH3 is 1. The zero-order valence-corrected chi connectivity index (χ0v) is 14.9. The van der Waals surface area contributed by atoms with Crippen LogP contribution in [0.25, 0.3) is 0 Å². The van der Waals surface area contributed by atoms with Crippen LogP contribution >= 0.6 is 0 Å². The predicted molar refractivity (Wildman–Crippen MR) is 94.5 cm³/mol. The Hall–Kier alpha value is -1.79. The topological polar surface area (TPSA) is 62.8 Å². The van der Waals surface area contributed by atoms with Crippen LogP contribution < -0.4 is 20.1 Å². The lowest BCUT2D eigenvalue weighted by Crippen LogP contribution is -2.31. The second kappa shape index (κ2) is 9.49. The molecule has 1 unspecified atom stereocenters. The third-order valence-corrected chi connectivity index (χ3v) is 4.11. The number of nitrogens with zero attached hydrogens (tertiary/aromatic N) is 1. The maximum Gasteiger partial charge on any atom is 0.221 e. The highest BCUT2D eigenvalue weighted by Crippen LogP contribution is 2.28. The summed E-state index contributed by atoms with van der Waals surface area (Å²) >= 11 is 0. The Labute approximate surface area is 144 Å². The van der Waals surface area contributed by atoms with Gasteiger partial charge in [0, 0.05) is 25.6 Å². The van der Waals surface area contributed by atoms with E-state index in [9.17, 15) is 4.79 Å². The maximum atomic E-state index is 12.0. The molecule has 0 aromatic heterocycles. The molecule has 1 heterocycles. The van der Waals surface area contributed by atoms with Crippen molar-refractivity contribution >= 4 is 5.91 Å². The molecular weight excluding hydrogens is 306 g/mol. The van der Waals surface area contributed by atoms with Crippen LogP contribution in [0.15, 0.2) is 18.2 Å². The van der Waals surface area contributed by atoms with Gasteiger partial charge in [-0.3, -0.25) is 4.79 Å². The molecule has 134 valence electrons. The lowest BCUT2D eigenvalue weighted by molar-refractivity contribution is -0.121. The number of ether oxygens (including phenoxy) is 2. The van der Waals surface area contributed by atoms with Gasteiger partial charge in [-0.05, 0) is 51.2 Å². The molecule has 2 rings (SSSR count). The smallest absolute Gasteiger partial charge is 0.221 e. The summed E-state index contributed by atoms with van der Waals surface area (Å²) in [6.07, 6.45) is 2.79. The van der Waals surface area contributed by atoms with Crippen LogP contribution in [-0.2, 0) is 11.3 Å². The first kappa shape index (κ1) is 18.5. The third-order valence-electron chi connectivity index (χ3n) is 4.11. The second-order valence-corrected chi connectivity index (χ2v) is 6.41. The number of nitrogens with one attached hydrogen (secondary N) is 2. The van der Waals surface area contributed by atoms with E-state index < -0.39 is 0 Å². The van der Waals surface area contributed by atoms with Gasteiger partial charge in [-0.25, -0.2) is 0 Å². The molecule has 1 saturated heterocycles. The number of carbonyl (C=O) groups is 1. The fourth-order valence-electron chi connectivity index (χ4n) is 2.71. The molecule has 0 spiro atoms. The van der Waals surface area contributed by atoms with Crippen molar-refractivity contribution in [1.29, 1.82) is 0 Å². The van der Waals surface area contributed by atoms with Crippen molar-refractivity contribution in [3.63, 3.8) is 0 Å². The first-order valence-corrected chi connectivity index (χ1v) is 8.53. The van der Waals surface area contributed by atoms with Crippen LogP contribution in [0.2, 0.25) is 0 Å². The normalized spacial score (nSPS) is 17.1. The van der Waals surface area contributed by atoms with Gasteiger partial charge in [0.1, 0.15) is 6.61 Å². The van der Waals surface area contributed by atoms with Gasteiger partial charge in [-0.1, -0.05) is 6.07 Å². The van der Waals surface area contributed by atoms with Crippen LogP contribution in [0.5, 0.6) is 11.5 Å². The SMILES string of the molecule is COc1cc(CNC(=O)CC2CCCN2)ccc1OCCN(C)C. The Balaban J connectivity index is 1.83. The summed E-state index contributed by atoms with van der Waals surface area (Å²) in [6, 6.07) is 6.10. The summed E-state index contributed by atoms with van der Waals surface area (Å²) in [6.45, 7) is 2.97. The van der Waals surface area contributed by atoms with Crippen molar-refractivity contribution in [3.05, 3.63) is 23.8 Å². The highest BCUT2D eigenvalue weighted by atomic mass is 16.5. The first-order valence-electron chi connectivity index (χ1n) is 8.53. The Kier molecular flexibility index (Phi) is 7.34. The zero-order valence-electron chi connectivity index (χ0n) is 14.9. The van der Waals surface area contributed by atoms with E-state index in [1.54, 1.807) is 7.11 Å². The summed E-state index contributed by atoms with van der Waals surface area (Å²) in [5.74, 6) is 1.50. The molecule has 0 radical (unpaired) electrons. The van der Waals surface area contributed by atoms with E-state index in [0.29, 0.717) is 31.4 Å². The van der Waals surface area contributed by atoms with Gasteiger partial charge in [0.25, 0.3) is 0 Å². The summed E-state index contributed by atoms with van der Waals surface area (Å²) < 4.78 is 11.1. The number of benzene rings is 1. The zero-order chi connectivity index (χ0) is 17.4. The average molecular weight is 335 g/mol. The van der Waals surface area contributed by atoms with E-state index in [4.69, 9.17) is 9.47 Å². The second-order valence-electron chi connectivity index (χ2n) is 6.41. The van der Waals surface area contributed by atoms with Crippen molar-refractivity contribution in [2.24, 2.45) is 0 Å². The van der Waals surface area contributed by atoms with Crippen LogP contribution in [0.3, 0.4) is 0 Å². The largest absolute Gasteiger partial charge is 0.493 e. The third kappa shape index (κ3) is 6.02. The molecule has 1 aliphatic heterocycles. The fourth-order valence-corrected chi connectivity index (χ4v) is 2.71. The highest BCUT2D eigenvalue weighted by Gasteiger charge is 2.17. The molecule has 1 aliphatic rings. The molecule has 24 heavy (non-hydrogen) atoms. The van der Waals surface area contributed by atoms with E-state index in [-0.39, 0.29) is 5.91 Å². The van der Waals surface area contributed by atoms with Crippen molar-refractivity contribution in [3.8, 4) is 11.5 Å². The minimum absolute atomic E-state index is 0.0830. The summed E-state index contributed by atoms with van der Waals surface area (Å²) in [5.41, 5.74) is 1.000. The van der Waals surface area contributed by atoms with Crippen LogP contribution in [0.4, 0.5) is 0 Å². The average Bonchev–Trinajstić information content (AvgIpc) is 3.06. The van der Waals surface area contributed by atoms with E-state index in [1.807, 2.05) is 32.3 Å². The Bertz CT molecular complexity index is 528. The summed E-state index contributed by atoms with van der Waals surface area (Å²) in [5, 5.41) is 6.31. The molecule has 1 aromatic rings. The monoisotopic (exact) mass is 335 g/mol. The van der Waals surface area contributed by atoms with Gasteiger partial charge in [0.2, 0.25) is 5.91 Å². The van der Waals surface area contributed by atoms with Gasteiger partial charge < -0.3 is 25.0 Å². The number of hydrogen-bond acceptors (Lipinski definition) is 5. The van der Waals surface area contributed by atoms with Gasteiger partial charge in [-0.15, -0.1) is 0 Å². The Morgan fingerprint density at radius 1 is 1.38 bits per heavy atom. The van der Waals surface area contributed by atoms with Gasteiger partial charge in [-0.2, -0.15) is 0 Å². The first-order chi connectivity index (χ1) is 11.6. The van der Waals surface area contributed by atoms with Crippen molar-refractivity contribution in [2.45, 2.75) is 31.8 Å². The molecule has 0 bridgehead atoms. The molecule has 1 aromatic carbocycles. The van der Waals surface area contributed by atoms with Crippen LogP contribution in [0.1, 0.15) is 24.8 Å². The maximum absolute atomic E-state index is 12.0. The van der Waals surface area contributed by atoms with Crippen LogP contribution in [0, 0.1) is 0 Å². The minimum atomic E-state index is 0.0830. The van der Waals surface area contributed by atoms with Crippen molar-refractivity contribution < 1.29 is 14.3 Å². The number of hydrogen-bond donors (Lipinski definition) is 2. The number of rotatable bonds is 9. The van der Waals surface area contributed by atoms with E-state index >= 15 is 0 Å². The Morgan fingerprint density at radius 3 is 2.88 bits per heavy atom. The summed E-state index contributed by atoms with van der Waals surface area (Å²) in [7, 11) is 5.64. The van der Waals surface area contributed by atoms with E-state index in [2.05, 4.69) is 15.5 Å². The van der Waals surface area contributed by atoms with E-state index in [1.165, 1.54) is 0 Å². The molecule has 6 nitrogen and oxygen atoms in total. The van der Waals surface area contributed by atoms with Crippen molar-refractivity contribution in [2.75, 3.05) is 40.9 Å². The lowest BCUT2D eigenvalue weighted by Gasteiger charge is -2.15.